The Bertz CT molecular complexity index is 1100. The highest BCUT2D eigenvalue weighted by atomic mass is 16.6. The predicted molar refractivity (Wildman–Crippen MR) is 279 cm³/mol. The highest BCUT2D eigenvalue weighted by Crippen LogP contribution is 2.16. The van der Waals surface area contributed by atoms with Gasteiger partial charge in [0.05, 0.1) is 6.61 Å². The van der Waals surface area contributed by atoms with Crippen molar-refractivity contribution in [1.29, 1.82) is 0 Å². The summed E-state index contributed by atoms with van der Waals surface area (Å²) in [6, 6.07) is 0. The SMILES string of the molecule is CC/C=C\C/C=C\C/C=C\C/C=C\C/C=C\CCCC(=O)OCC(COCCCCCCCCCCCCCCCC)OC(=O)CCCCCCCCCCCCCCCCCCC. The van der Waals surface area contributed by atoms with E-state index in [-0.39, 0.29) is 25.2 Å². The molecular formula is C59H106O5. The van der Waals surface area contributed by atoms with E-state index < -0.39 is 6.10 Å². The van der Waals surface area contributed by atoms with Crippen molar-refractivity contribution in [3.63, 3.8) is 0 Å². The van der Waals surface area contributed by atoms with Crippen LogP contribution in [0.25, 0.3) is 0 Å². The molecule has 0 aromatic heterocycles. The molecule has 0 fully saturated rings. The summed E-state index contributed by atoms with van der Waals surface area (Å²) in [4.78, 5) is 25.4. The predicted octanol–water partition coefficient (Wildman–Crippen LogP) is 18.9. The molecule has 0 aromatic carbocycles. The van der Waals surface area contributed by atoms with Gasteiger partial charge in [-0.15, -0.1) is 0 Å². The second kappa shape index (κ2) is 54.9. The molecule has 0 heterocycles. The molecule has 5 heteroatoms. The topological polar surface area (TPSA) is 61.8 Å². The van der Waals surface area contributed by atoms with E-state index in [1.807, 2.05) is 0 Å². The number of allylic oxidation sites excluding steroid dienone is 10. The van der Waals surface area contributed by atoms with Gasteiger partial charge < -0.3 is 14.2 Å². The Morgan fingerprint density at radius 1 is 0.359 bits per heavy atom. The lowest BCUT2D eigenvalue weighted by molar-refractivity contribution is -0.163. The lowest BCUT2D eigenvalue weighted by Crippen LogP contribution is -2.30. The Morgan fingerprint density at radius 2 is 0.703 bits per heavy atom. The molecule has 0 saturated heterocycles. The zero-order valence-electron chi connectivity index (χ0n) is 42.8. The van der Waals surface area contributed by atoms with Gasteiger partial charge in [0.25, 0.3) is 0 Å². The summed E-state index contributed by atoms with van der Waals surface area (Å²) < 4.78 is 17.4. The highest BCUT2D eigenvalue weighted by molar-refractivity contribution is 5.70. The highest BCUT2D eigenvalue weighted by Gasteiger charge is 2.17. The molecule has 0 spiro atoms. The van der Waals surface area contributed by atoms with Crippen molar-refractivity contribution >= 4 is 11.9 Å². The molecule has 1 atom stereocenters. The Balaban J connectivity index is 4.32. The third kappa shape index (κ3) is 52.2. The van der Waals surface area contributed by atoms with Crippen molar-refractivity contribution in [2.24, 2.45) is 0 Å². The molecule has 64 heavy (non-hydrogen) atoms. The monoisotopic (exact) mass is 895 g/mol. The molecule has 0 radical (unpaired) electrons. The first-order valence-corrected chi connectivity index (χ1v) is 27.8. The number of rotatable bonds is 51. The maximum Gasteiger partial charge on any atom is 0.306 e. The summed E-state index contributed by atoms with van der Waals surface area (Å²) in [7, 11) is 0. The second-order valence-corrected chi connectivity index (χ2v) is 18.5. The third-order valence-electron chi connectivity index (χ3n) is 12.1. The summed E-state index contributed by atoms with van der Waals surface area (Å²) in [6.45, 7) is 7.70. The van der Waals surface area contributed by atoms with Crippen LogP contribution < -0.4 is 0 Å². The fraction of sp³-hybridized carbons (Fsp3) is 0.797. The Kier molecular flexibility index (Phi) is 52.9. The minimum Gasteiger partial charge on any atom is -0.462 e. The van der Waals surface area contributed by atoms with Crippen molar-refractivity contribution in [3.8, 4) is 0 Å². The van der Waals surface area contributed by atoms with E-state index in [2.05, 4.69) is 81.5 Å². The van der Waals surface area contributed by atoms with Crippen LogP contribution in [0.4, 0.5) is 0 Å². The van der Waals surface area contributed by atoms with Gasteiger partial charge >= 0.3 is 11.9 Å². The maximum atomic E-state index is 12.8. The number of carbonyl (C=O) groups is 2. The molecule has 0 aliphatic carbocycles. The third-order valence-corrected chi connectivity index (χ3v) is 12.1. The average Bonchev–Trinajstić information content (AvgIpc) is 3.30. The minimum atomic E-state index is -0.556. The number of hydrogen-bond donors (Lipinski definition) is 0. The Hall–Kier alpha value is -2.40. The molecule has 0 amide bonds. The van der Waals surface area contributed by atoms with E-state index in [4.69, 9.17) is 14.2 Å². The zero-order chi connectivity index (χ0) is 46.3. The molecule has 0 aliphatic rings. The van der Waals surface area contributed by atoms with E-state index >= 15 is 0 Å². The smallest absolute Gasteiger partial charge is 0.306 e. The van der Waals surface area contributed by atoms with Crippen LogP contribution in [-0.2, 0) is 23.8 Å². The summed E-state index contributed by atoms with van der Waals surface area (Å²) in [5, 5.41) is 0. The quantitative estimate of drug-likeness (QED) is 0.0346. The second-order valence-electron chi connectivity index (χ2n) is 18.5. The summed E-state index contributed by atoms with van der Waals surface area (Å²) in [5.41, 5.74) is 0. The number of ether oxygens (including phenoxy) is 3. The van der Waals surface area contributed by atoms with Crippen LogP contribution in [0, 0.1) is 0 Å². The van der Waals surface area contributed by atoms with E-state index in [1.54, 1.807) is 0 Å². The summed E-state index contributed by atoms with van der Waals surface area (Å²) in [5.74, 6) is -0.450. The van der Waals surface area contributed by atoms with Crippen molar-refractivity contribution < 1.29 is 23.8 Å². The summed E-state index contributed by atoms with van der Waals surface area (Å²) >= 11 is 0. The largest absolute Gasteiger partial charge is 0.462 e. The van der Waals surface area contributed by atoms with E-state index in [1.165, 1.54) is 173 Å². The van der Waals surface area contributed by atoms with Crippen LogP contribution in [0.1, 0.15) is 278 Å². The standard InChI is InChI=1S/C59H106O5/c1-4-7-10-13-16-19-22-25-28-30-32-34-37-40-43-46-49-52-58(60)63-56-57(55-62-54-51-48-45-42-39-36-27-24-21-18-15-12-9-6-3)64-59(61)53-50-47-44-41-38-35-33-31-29-26-23-20-17-14-11-8-5-2/h7,10,16,19,25,28,32,34,40,43,57H,4-6,8-9,11-15,17-18,20-24,26-27,29-31,33,35-39,41-42,44-56H2,1-3H3/b10-7-,19-16-,28-25-,34-32-,43-40-. The molecule has 372 valence electrons. The van der Waals surface area contributed by atoms with Gasteiger partial charge in [-0.05, 0) is 57.8 Å². The van der Waals surface area contributed by atoms with Gasteiger partial charge in [0.2, 0.25) is 0 Å². The number of unbranched alkanes of at least 4 members (excludes halogenated alkanes) is 30. The van der Waals surface area contributed by atoms with Crippen LogP contribution in [0.2, 0.25) is 0 Å². The van der Waals surface area contributed by atoms with Crippen molar-refractivity contribution in [2.45, 2.75) is 284 Å². The van der Waals surface area contributed by atoms with Crippen LogP contribution >= 0.6 is 0 Å². The molecule has 0 bridgehead atoms. The Morgan fingerprint density at radius 3 is 1.11 bits per heavy atom. The average molecular weight is 895 g/mol. The van der Waals surface area contributed by atoms with Crippen LogP contribution in [-0.4, -0.2) is 37.9 Å². The van der Waals surface area contributed by atoms with Gasteiger partial charge in [0.1, 0.15) is 6.61 Å². The van der Waals surface area contributed by atoms with Crippen molar-refractivity contribution in [3.05, 3.63) is 60.8 Å². The van der Waals surface area contributed by atoms with Gasteiger partial charge in [-0.2, -0.15) is 0 Å². The number of carbonyl (C=O) groups excluding carboxylic acids is 2. The number of esters is 2. The van der Waals surface area contributed by atoms with Crippen LogP contribution in [0.5, 0.6) is 0 Å². The van der Waals surface area contributed by atoms with E-state index in [0.717, 1.165) is 70.6 Å². The lowest BCUT2D eigenvalue weighted by atomic mass is 10.0. The summed E-state index contributed by atoms with van der Waals surface area (Å²) in [6.07, 6.45) is 69.6. The first kappa shape index (κ1) is 61.6. The maximum absolute atomic E-state index is 12.8. The van der Waals surface area contributed by atoms with Gasteiger partial charge in [-0.3, -0.25) is 9.59 Å². The molecule has 1 unspecified atom stereocenters. The molecular weight excluding hydrogens is 789 g/mol. The van der Waals surface area contributed by atoms with Crippen LogP contribution in [0.15, 0.2) is 60.8 Å². The molecule has 0 saturated carbocycles. The van der Waals surface area contributed by atoms with E-state index in [0.29, 0.717) is 19.4 Å². The van der Waals surface area contributed by atoms with Crippen LogP contribution in [0.3, 0.4) is 0 Å². The van der Waals surface area contributed by atoms with Gasteiger partial charge in [-0.1, -0.05) is 268 Å². The molecule has 5 nitrogen and oxygen atoms in total. The van der Waals surface area contributed by atoms with Crippen molar-refractivity contribution in [2.75, 3.05) is 19.8 Å². The fourth-order valence-corrected chi connectivity index (χ4v) is 7.96. The molecule has 0 aromatic rings. The minimum absolute atomic E-state index is 0.0596. The normalized spacial score (nSPS) is 12.6. The zero-order valence-corrected chi connectivity index (χ0v) is 42.8. The van der Waals surface area contributed by atoms with Gasteiger partial charge in [-0.25, -0.2) is 0 Å². The first-order valence-electron chi connectivity index (χ1n) is 27.8. The molecule has 0 N–H and O–H groups in total. The first-order chi connectivity index (χ1) is 31.6. The van der Waals surface area contributed by atoms with E-state index in [9.17, 15) is 9.59 Å². The lowest BCUT2D eigenvalue weighted by Gasteiger charge is -2.18. The van der Waals surface area contributed by atoms with Crippen molar-refractivity contribution in [1.82, 2.24) is 0 Å². The Labute approximate surface area is 398 Å². The molecule has 0 rings (SSSR count). The van der Waals surface area contributed by atoms with Gasteiger partial charge in [0.15, 0.2) is 6.10 Å². The molecule has 0 aliphatic heterocycles. The number of hydrogen-bond acceptors (Lipinski definition) is 5. The fourth-order valence-electron chi connectivity index (χ4n) is 7.96. The van der Waals surface area contributed by atoms with Gasteiger partial charge in [0, 0.05) is 19.4 Å².